The first-order valence-corrected chi connectivity index (χ1v) is 6.82. The number of nitriles is 1. The van der Waals surface area contributed by atoms with E-state index < -0.39 is 0 Å². The van der Waals surface area contributed by atoms with Gasteiger partial charge in [0.2, 0.25) is 0 Å². The Labute approximate surface area is 101 Å². The molecule has 1 heterocycles. The summed E-state index contributed by atoms with van der Waals surface area (Å²) >= 11 is 1.60. The summed E-state index contributed by atoms with van der Waals surface area (Å²) in [5.74, 6) is 0.892. The predicted molar refractivity (Wildman–Crippen MR) is 67.4 cm³/mol. The normalized spacial score (nSPS) is 25.1. The first kappa shape index (κ1) is 11.6. The van der Waals surface area contributed by atoms with Crippen molar-refractivity contribution in [2.24, 2.45) is 5.92 Å². The molecule has 1 aromatic rings. The van der Waals surface area contributed by atoms with Gasteiger partial charge in [-0.25, -0.2) is 0 Å². The van der Waals surface area contributed by atoms with Gasteiger partial charge in [0, 0.05) is 17.0 Å². The molecule has 1 N–H and O–H groups in total. The lowest BCUT2D eigenvalue weighted by molar-refractivity contribution is 0.535. The van der Waals surface area contributed by atoms with E-state index in [9.17, 15) is 0 Å². The van der Waals surface area contributed by atoms with Gasteiger partial charge in [0.1, 0.15) is 10.9 Å². The molecule has 1 aromatic heterocycles. The minimum Gasteiger partial charge on any atom is -0.306 e. The Kier molecular flexibility index (Phi) is 3.63. The number of nitrogens with zero attached hydrogens (tertiary/aromatic N) is 1. The van der Waals surface area contributed by atoms with Crippen LogP contribution in [0.25, 0.3) is 0 Å². The van der Waals surface area contributed by atoms with Crippen molar-refractivity contribution in [2.75, 3.05) is 0 Å². The first-order chi connectivity index (χ1) is 7.74. The molecule has 0 aliphatic heterocycles. The van der Waals surface area contributed by atoms with Crippen LogP contribution in [0.15, 0.2) is 12.1 Å². The van der Waals surface area contributed by atoms with E-state index in [1.165, 1.54) is 24.1 Å². The van der Waals surface area contributed by atoms with Gasteiger partial charge in [-0.15, -0.1) is 11.3 Å². The third-order valence-corrected chi connectivity index (χ3v) is 4.38. The van der Waals surface area contributed by atoms with Gasteiger partial charge in [-0.1, -0.05) is 13.3 Å². The molecule has 2 rings (SSSR count). The Hall–Kier alpha value is -0.850. The Morgan fingerprint density at radius 2 is 2.44 bits per heavy atom. The fourth-order valence-electron chi connectivity index (χ4n) is 2.19. The molecule has 0 bridgehead atoms. The van der Waals surface area contributed by atoms with Gasteiger partial charge in [-0.2, -0.15) is 5.26 Å². The van der Waals surface area contributed by atoms with Crippen LogP contribution in [0.3, 0.4) is 0 Å². The summed E-state index contributed by atoms with van der Waals surface area (Å²) in [4.78, 5) is 2.09. The van der Waals surface area contributed by atoms with Gasteiger partial charge in [-0.3, -0.25) is 0 Å². The maximum absolute atomic E-state index is 8.78. The minimum atomic E-state index is 0.388. The second-order valence-corrected chi connectivity index (χ2v) is 5.71. The van der Waals surface area contributed by atoms with Gasteiger partial charge in [0.05, 0.1) is 0 Å². The highest BCUT2D eigenvalue weighted by Crippen LogP contribution is 2.37. The van der Waals surface area contributed by atoms with Crippen LogP contribution in [0.2, 0.25) is 0 Å². The number of rotatable bonds is 5. The van der Waals surface area contributed by atoms with Crippen LogP contribution in [0.1, 0.15) is 48.9 Å². The summed E-state index contributed by atoms with van der Waals surface area (Å²) < 4.78 is 0. The lowest BCUT2D eigenvalue weighted by Gasteiger charge is -2.11. The second-order valence-electron chi connectivity index (χ2n) is 4.59. The molecule has 0 radical (unpaired) electrons. The standard InChI is InChI=1S/C13H18N2S/c1-3-4-10-7-12(10)15-9(2)13-6-5-11(8-14)16-13/h5-6,9-10,12,15H,3-4,7H2,1-2H3. The van der Waals surface area contributed by atoms with Crippen molar-refractivity contribution in [3.8, 4) is 6.07 Å². The van der Waals surface area contributed by atoms with Crippen LogP contribution < -0.4 is 5.32 Å². The highest BCUT2D eigenvalue weighted by Gasteiger charge is 2.36. The second kappa shape index (κ2) is 4.99. The monoisotopic (exact) mass is 234 g/mol. The molecule has 0 saturated heterocycles. The van der Waals surface area contributed by atoms with Gasteiger partial charge in [0.15, 0.2) is 0 Å². The summed E-state index contributed by atoms with van der Waals surface area (Å²) in [6.07, 6.45) is 3.96. The van der Waals surface area contributed by atoms with Crippen molar-refractivity contribution in [1.29, 1.82) is 5.26 Å². The van der Waals surface area contributed by atoms with E-state index in [-0.39, 0.29) is 0 Å². The van der Waals surface area contributed by atoms with Crippen LogP contribution in [-0.2, 0) is 0 Å². The molecule has 16 heavy (non-hydrogen) atoms. The third kappa shape index (κ3) is 2.63. The van der Waals surface area contributed by atoms with Gasteiger partial charge < -0.3 is 5.32 Å². The van der Waals surface area contributed by atoms with Crippen molar-refractivity contribution < 1.29 is 0 Å². The average Bonchev–Trinajstić information content (AvgIpc) is 2.84. The summed E-state index contributed by atoms with van der Waals surface area (Å²) in [6, 6.07) is 7.27. The van der Waals surface area contributed by atoms with E-state index in [0.29, 0.717) is 12.1 Å². The molecule has 1 aliphatic carbocycles. The van der Waals surface area contributed by atoms with Gasteiger partial charge in [0.25, 0.3) is 0 Å². The third-order valence-electron chi connectivity index (χ3n) is 3.21. The first-order valence-electron chi connectivity index (χ1n) is 6.00. The quantitative estimate of drug-likeness (QED) is 0.847. The Balaban J connectivity index is 1.85. The molecule has 0 aromatic carbocycles. The number of thiophene rings is 1. The lowest BCUT2D eigenvalue weighted by Crippen LogP contribution is -2.21. The van der Waals surface area contributed by atoms with Gasteiger partial charge in [-0.05, 0) is 37.8 Å². The maximum Gasteiger partial charge on any atom is 0.110 e. The van der Waals surface area contributed by atoms with Crippen molar-refractivity contribution in [3.63, 3.8) is 0 Å². The minimum absolute atomic E-state index is 0.388. The topological polar surface area (TPSA) is 35.8 Å². The zero-order valence-electron chi connectivity index (χ0n) is 9.86. The van der Waals surface area contributed by atoms with E-state index >= 15 is 0 Å². The highest BCUT2D eigenvalue weighted by molar-refractivity contribution is 7.12. The maximum atomic E-state index is 8.78. The highest BCUT2D eigenvalue weighted by atomic mass is 32.1. The molecule has 3 atom stereocenters. The van der Waals surface area contributed by atoms with E-state index in [1.54, 1.807) is 11.3 Å². The fraction of sp³-hybridized carbons (Fsp3) is 0.615. The van der Waals surface area contributed by atoms with Crippen LogP contribution in [-0.4, -0.2) is 6.04 Å². The van der Waals surface area contributed by atoms with Crippen molar-refractivity contribution >= 4 is 11.3 Å². The van der Waals surface area contributed by atoms with Crippen LogP contribution in [0, 0.1) is 17.2 Å². The Bertz CT molecular complexity index is 391. The zero-order valence-corrected chi connectivity index (χ0v) is 10.7. The van der Waals surface area contributed by atoms with Crippen molar-refractivity contribution in [3.05, 3.63) is 21.9 Å². The zero-order chi connectivity index (χ0) is 11.5. The number of hydrogen-bond donors (Lipinski definition) is 1. The summed E-state index contributed by atoms with van der Waals surface area (Å²) in [5, 5.41) is 12.4. The van der Waals surface area contributed by atoms with E-state index in [0.717, 1.165) is 10.8 Å². The molecule has 3 unspecified atom stereocenters. The number of hydrogen-bond acceptors (Lipinski definition) is 3. The average molecular weight is 234 g/mol. The summed E-state index contributed by atoms with van der Waals surface area (Å²) in [7, 11) is 0. The van der Waals surface area contributed by atoms with E-state index in [4.69, 9.17) is 5.26 Å². The Morgan fingerprint density at radius 3 is 3.06 bits per heavy atom. The molecular weight excluding hydrogens is 216 g/mol. The van der Waals surface area contributed by atoms with Crippen LogP contribution in [0.5, 0.6) is 0 Å². The van der Waals surface area contributed by atoms with Crippen molar-refractivity contribution in [1.82, 2.24) is 5.32 Å². The fourth-order valence-corrected chi connectivity index (χ4v) is 3.01. The Morgan fingerprint density at radius 1 is 1.62 bits per heavy atom. The molecule has 1 saturated carbocycles. The predicted octanol–water partition coefficient (Wildman–Crippen LogP) is 3.46. The number of nitrogens with one attached hydrogen (secondary N) is 1. The van der Waals surface area contributed by atoms with Gasteiger partial charge >= 0.3 is 0 Å². The molecule has 1 fully saturated rings. The molecule has 86 valence electrons. The van der Waals surface area contributed by atoms with E-state index in [1.807, 2.05) is 6.07 Å². The smallest absolute Gasteiger partial charge is 0.110 e. The molecule has 1 aliphatic rings. The van der Waals surface area contributed by atoms with Crippen LogP contribution >= 0.6 is 11.3 Å². The summed E-state index contributed by atoms with van der Waals surface area (Å²) in [6.45, 7) is 4.44. The summed E-state index contributed by atoms with van der Waals surface area (Å²) in [5.41, 5.74) is 0. The van der Waals surface area contributed by atoms with Crippen molar-refractivity contribution in [2.45, 2.75) is 45.2 Å². The molecule has 3 heteroatoms. The SMILES string of the molecule is CCCC1CC1NC(C)c1ccc(C#N)s1. The lowest BCUT2D eigenvalue weighted by atomic mass is 10.2. The van der Waals surface area contributed by atoms with E-state index in [2.05, 4.69) is 31.3 Å². The molecule has 0 amide bonds. The largest absolute Gasteiger partial charge is 0.306 e. The molecule has 0 spiro atoms. The molecule has 2 nitrogen and oxygen atoms in total. The molecular formula is C13H18N2S. The van der Waals surface area contributed by atoms with Crippen LogP contribution in [0.4, 0.5) is 0 Å².